The maximum Gasteiger partial charge on any atom is 0.416 e. The number of imide groups is 2. The molecular formula is C21H15F3N2O4. The van der Waals surface area contributed by atoms with E-state index in [-0.39, 0.29) is 12.2 Å². The number of rotatable bonds is 5. The van der Waals surface area contributed by atoms with Gasteiger partial charge in [-0.15, -0.1) is 0 Å². The van der Waals surface area contributed by atoms with Crippen LogP contribution in [-0.4, -0.2) is 17.8 Å². The standard InChI is InChI=1S/C21H15F3N2O4/c22-21(23,24)15-8-4-14(5-9-15)12-30-16-10-6-13(7-11-16)2-1-3-17-18(27)25-20(29)26-19(17)28/h1-11H,12H2,(H2,25,26,27,28,29)/b2-1+. The van der Waals surface area contributed by atoms with Crippen LogP contribution in [0, 0.1) is 0 Å². The summed E-state index contributed by atoms with van der Waals surface area (Å²) in [6.45, 7) is 0.113. The number of allylic oxidation sites excluding steroid dienone is 2. The molecule has 0 atom stereocenters. The summed E-state index contributed by atoms with van der Waals surface area (Å²) in [7, 11) is 0. The van der Waals surface area contributed by atoms with Gasteiger partial charge in [0.2, 0.25) is 0 Å². The van der Waals surface area contributed by atoms with Crippen LogP contribution in [0.3, 0.4) is 0 Å². The molecule has 0 bridgehead atoms. The van der Waals surface area contributed by atoms with Gasteiger partial charge in [0, 0.05) is 0 Å². The molecule has 4 amide bonds. The van der Waals surface area contributed by atoms with E-state index in [9.17, 15) is 27.6 Å². The summed E-state index contributed by atoms with van der Waals surface area (Å²) in [5.41, 5.74) is 0.442. The summed E-state index contributed by atoms with van der Waals surface area (Å²) < 4.78 is 43.2. The predicted octanol–water partition coefficient (Wildman–Crippen LogP) is 3.59. The van der Waals surface area contributed by atoms with Crippen molar-refractivity contribution in [3.05, 3.63) is 82.9 Å². The fourth-order valence-corrected chi connectivity index (χ4v) is 2.51. The number of urea groups is 1. The van der Waals surface area contributed by atoms with E-state index < -0.39 is 29.6 Å². The lowest BCUT2D eigenvalue weighted by Gasteiger charge is -2.13. The van der Waals surface area contributed by atoms with E-state index in [1.807, 2.05) is 10.6 Å². The number of ether oxygens (including phenoxy) is 1. The summed E-state index contributed by atoms with van der Waals surface area (Å²) in [5, 5.41) is 3.94. The highest BCUT2D eigenvalue weighted by molar-refractivity contribution is 6.29. The molecule has 0 spiro atoms. The Morgan fingerprint density at radius 2 is 1.47 bits per heavy atom. The van der Waals surface area contributed by atoms with Crippen molar-refractivity contribution >= 4 is 23.9 Å². The number of alkyl halides is 3. The van der Waals surface area contributed by atoms with Crippen LogP contribution in [0.2, 0.25) is 0 Å². The Morgan fingerprint density at radius 3 is 2.03 bits per heavy atom. The molecule has 0 aromatic heterocycles. The van der Waals surface area contributed by atoms with E-state index >= 15 is 0 Å². The van der Waals surface area contributed by atoms with Crippen molar-refractivity contribution in [3.8, 4) is 5.75 Å². The van der Waals surface area contributed by atoms with Gasteiger partial charge in [0.25, 0.3) is 11.8 Å². The van der Waals surface area contributed by atoms with Gasteiger partial charge in [-0.3, -0.25) is 20.2 Å². The van der Waals surface area contributed by atoms with Crippen LogP contribution in [0.5, 0.6) is 5.75 Å². The van der Waals surface area contributed by atoms with Crippen molar-refractivity contribution in [2.24, 2.45) is 0 Å². The molecule has 1 fully saturated rings. The molecule has 30 heavy (non-hydrogen) atoms. The van der Waals surface area contributed by atoms with E-state index in [4.69, 9.17) is 4.74 Å². The van der Waals surface area contributed by atoms with Crippen molar-refractivity contribution < 1.29 is 32.3 Å². The maximum absolute atomic E-state index is 12.6. The van der Waals surface area contributed by atoms with Crippen LogP contribution < -0.4 is 15.4 Å². The summed E-state index contributed by atoms with van der Waals surface area (Å²) in [5.74, 6) is -1.03. The number of halogens is 3. The quantitative estimate of drug-likeness (QED) is 0.576. The third kappa shape index (κ3) is 5.34. The molecule has 1 aliphatic heterocycles. The highest BCUT2D eigenvalue weighted by atomic mass is 19.4. The van der Waals surface area contributed by atoms with Crippen LogP contribution in [-0.2, 0) is 22.4 Å². The second-order valence-corrected chi connectivity index (χ2v) is 6.23. The van der Waals surface area contributed by atoms with Crippen molar-refractivity contribution in [2.45, 2.75) is 12.8 Å². The summed E-state index contributed by atoms with van der Waals surface area (Å²) in [6.07, 6.45) is 0.0405. The summed E-state index contributed by atoms with van der Waals surface area (Å²) in [4.78, 5) is 34.2. The largest absolute Gasteiger partial charge is 0.489 e. The van der Waals surface area contributed by atoms with E-state index in [1.54, 1.807) is 30.3 Å². The Morgan fingerprint density at radius 1 is 0.867 bits per heavy atom. The van der Waals surface area contributed by atoms with Gasteiger partial charge in [0.05, 0.1) is 5.56 Å². The second-order valence-electron chi connectivity index (χ2n) is 6.23. The molecule has 0 radical (unpaired) electrons. The molecule has 2 aromatic carbocycles. The van der Waals surface area contributed by atoms with Crippen molar-refractivity contribution in [1.82, 2.24) is 10.6 Å². The van der Waals surface area contributed by atoms with Gasteiger partial charge in [0.15, 0.2) is 0 Å². The van der Waals surface area contributed by atoms with Crippen molar-refractivity contribution in [3.63, 3.8) is 0 Å². The zero-order valence-corrected chi connectivity index (χ0v) is 15.3. The first kappa shape index (κ1) is 20.8. The maximum atomic E-state index is 12.6. The lowest BCUT2D eigenvalue weighted by atomic mass is 10.1. The molecule has 3 rings (SSSR count). The average Bonchev–Trinajstić information content (AvgIpc) is 2.69. The number of amides is 4. The molecule has 2 N–H and O–H groups in total. The summed E-state index contributed by atoms with van der Waals surface area (Å²) in [6, 6.07) is 10.7. The predicted molar refractivity (Wildman–Crippen MR) is 101 cm³/mol. The first-order valence-corrected chi connectivity index (χ1v) is 8.66. The second kappa shape index (κ2) is 8.64. The molecule has 0 saturated carbocycles. The summed E-state index contributed by atoms with van der Waals surface area (Å²) >= 11 is 0. The average molecular weight is 416 g/mol. The van der Waals surface area contributed by atoms with E-state index in [0.29, 0.717) is 11.3 Å². The minimum absolute atomic E-state index is 0.113. The fraction of sp³-hybridized carbons (Fsp3) is 0.0952. The number of hydrogen-bond acceptors (Lipinski definition) is 4. The van der Waals surface area contributed by atoms with Gasteiger partial charge < -0.3 is 4.74 Å². The molecule has 0 aliphatic carbocycles. The molecular weight excluding hydrogens is 401 g/mol. The minimum atomic E-state index is -4.37. The van der Waals surface area contributed by atoms with E-state index in [1.165, 1.54) is 24.3 Å². The molecule has 1 saturated heterocycles. The molecule has 1 heterocycles. The highest BCUT2D eigenvalue weighted by Crippen LogP contribution is 2.29. The van der Waals surface area contributed by atoms with Gasteiger partial charge >= 0.3 is 12.2 Å². The van der Waals surface area contributed by atoms with Crippen molar-refractivity contribution in [1.29, 1.82) is 0 Å². The van der Waals surface area contributed by atoms with E-state index in [0.717, 1.165) is 17.7 Å². The first-order valence-electron chi connectivity index (χ1n) is 8.66. The number of barbiturate groups is 1. The Kier molecular flexibility index (Phi) is 6.01. The number of carbonyl (C=O) groups excluding carboxylic acids is 3. The molecule has 1 aliphatic rings. The molecule has 9 heteroatoms. The van der Waals surface area contributed by atoms with Gasteiger partial charge in [-0.25, -0.2) is 4.79 Å². The lowest BCUT2D eigenvalue weighted by molar-refractivity contribution is -0.137. The Bertz CT molecular complexity index is 1000. The van der Waals surface area contributed by atoms with Crippen LogP contribution in [0.25, 0.3) is 6.08 Å². The molecule has 6 nitrogen and oxygen atoms in total. The molecule has 154 valence electrons. The van der Waals surface area contributed by atoms with Crippen LogP contribution >= 0.6 is 0 Å². The Balaban J connectivity index is 1.57. The van der Waals surface area contributed by atoms with Crippen LogP contribution in [0.4, 0.5) is 18.0 Å². The zero-order valence-electron chi connectivity index (χ0n) is 15.3. The third-order valence-corrected chi connectivity index (χ3v) is 4.06. The van der Waals surface area contributed by atoms with Gasteiger partial charge in [-0.1, -0.05) is 36.4 Å². The van der Waals surface area contributed by atoms with Crippen LogP contribution in [0.15, 0.2) is 66.3 Å². The monoisotopic (exact) mass is 416 g/mol. The molecule has 2 aromatic rings. The Labute approximate surface area is 169 Å². The lowest BCUT2D eigenvalue weighted by Crippen LogP contribution is -2.51. The van der Waals surface area contributed by atoms with E-state index in [2.05, 4.69) is 0 Å². The smallest absolute Gasteiger partial charge is 0.416 e. The van der Waals surface area contributed by atoms with Gasteiger partial charge in [-0.05, 0) is 41.5 Å². The third-order valence-electron chi connectivity index (χ3n) is 4.06. The topological polar surface area (TPSA) is 84.5 Å². The highest BCUT2D eigenvalue weighted by Gasteiger charge is 2.30. The number of nitrogens with one attached hydrogen (secondary N) is 2. The minimum Gasteiger partial charge on any atom is -0.489 e. The van der Waals surface area contributed by atoms with Crippen LogP contribution in [0.1, 0.15) is 16.7 Å². The number of carbonyl (C=O) groups is 3. The number of benzene rings is 2. The van der Waals surface area contributed by atoms with Gasteiger partial charge in [-0.2, -0.15) is 13.2 Å². The molecule has 0 unspecified atom stereocenters. The number of hydrogen-bond donors (Lipinski definition) is 2. The van der Waals surface area contributed by atoms with Crippen molar-refractivity contribution in [2.75, 3.05) is 0 Å². The first-order chi connectivity index (χ1) is 14.2. The zero-order chi connectivity index (χ0) is 21.7. The fourth-order valence-electron chi connectivity index (χ4n) is 2.51. The van der Waals surface area contributed by atoms with Gasteiger partial charge in [0.1, 0.15) is 17.9 Å². The Hall–Kier alpha value is -3.88. The SMILES string of the molecule is O=C1NC(=O)C(=C/C=C/c2ccc(OCc3ccc(C(F)(F)F)cc3)cc2)C(=O)N1. The normalized spacial score (nSPS) is 14.5.